The minimum absolute atomic E-state index is 0.0966. The average Bonchev–Trinajstić information content (AvgIpc) is 3.13. The van der Waals surface area contributed by atoms with Crippen LogP contribution in [0.3, 0.4) is 0 Å². The Hall–Kier alpha value is -3.80. The highest BCUT2D eigenvalue weighted by molar-refractivity contribution is 5.83. The van der Waals surface area contributed by atoms with E-state index in [2.05, 4.69) is 35.3 Å². The maximum Gasteiger partial charge on any atom is 0.347 e. The molecule has 1 heterocycles. The van der Waals surface area contributed by atoms with Crippen molar-refractivity contribution in [3.63, 3.8) is 0 Å². The van der Waals surface area contributed by atoms with Crippen LogP contribution in [0, 0.1) is 0 Å². The summed E-state index contributed by atoms with van der Waals surface area (Å²) in [5.74, 6) is -0.477. The Kier molecular flexibility index (Phi) is 6.36. The third-order valence-electron chi connectivity index (χ3n) is 5.73. The zero-order valence-corrected chi connectivity index (χ0v) is 18.9. The molecule has 0 aliphatic carbocycles. The summed E-state index contributed by atoms with van der Waals surface area (Å²) in [6.07, 6.45) is 4.41. The number of hydrogen-bond acceptors (Lipinski definition) is 3. The van der Waals surface area contributed by atoms with Crippen LogP contribution in [0.5, 0.6) is 5.75 Å². The number of ether oxygens (including phenoxy) is 1. The number of benzene rings is 3. The standard InChI is InChI=1S/C27H28N2O4/c1-27(2,25(30)31)33-24-14-11-19(12-15-24)6-5-9-23-18-29(26(32)28-23)17-20-10-13-21-7-3-4-8-22(21)16-20/h3-4,7-8,10-16,18H,5-6,9,17H2,1-2H3,(H,28,32)(H,30,31). The van der Waals surface area contributed by atoms with Gasteiger partial charge in [-0.15, -0.1) is 0 Å². The molecule has 0 aliphatic heterocycles. The molecule has 33 heavy (non-hydrogen) atoms. The van der Waals surface area contributed by atoms with Crippen LogP contribution in [0.4, 0.5) is 0 Å². The van der Waals surface area contributed by atoms with Gasteiger partial charge >= 0.3 is 11.7 Å². The number of aryl methyl sites for hydroxylation is 2. The van der Waals surface area contributed by atoms with Gasteiger partial charge in [0.05, 0.1) is 6.54 Å². The SMILES string of the molecule is CC(C)(Oc1ccc(CCCc2cn(Cc3ccc4ccccc4c3)c(=O)[nH]2)cc1)C(=O)O. The van der Waals surface area contributed by atoms with Crippen molar-refractivity contribution in [3.05, 3.63) is 100 Å². The maximum atomic E-state index is 12.4. The van der Waals surface area contributed by atoms with E-state index in [1.807, 2.05) is 30.5 Å². The molecule has 0 bridgehead atoms. The van der Waals surface area contributed by atoms with Gasteiger partial charge in [-0.3, -0.25) is 4.57 Å². The van der Waals surface area contributed by atoms with Gasteiger partial charge in [0.15, 0.2) is 5.60 Å². The van der Waals surface area contributed by atoms with Gasteiger partial charge in [0.1, 0.15) is 5.75 Å². The number of aliphatic carboxylic acids is 1. The van der Waals surface area contributed by atoms with Gasteiger partial charge in [-0.2, -0.15) is 0 Å². The molecule has 0 aliphatic rings. The number of H-pyrrole nitrogens is 1. The molecule has 0 saturated heterocycles. The molecule has 0 radical (unpaired) electrons. The molecule has 0 spiro atoms. The number of hydrogen-bond donors (Lipinski definition) is 2. The van der Waals surface area contributed by atoms with Gasteiger partial charge in [-0.1, -0.05) is 48.5 Å². The summed E-state index contributed by atoms with van der Waals surface area (Å²) in [6.45, 7) is 3.58. The molecule has 0 atom stereocenters. The van der Waals surface area contributed by atoms with Gasteiger partial charge < -0.3 is 14.8 Å². The smallest absolute Gasteiger partial charge is 0.347 e. The molecular weight excluding hydrogens is 416 g/mol. The largest absolute Gasteiger partial charge is 0.478 e. The van der Waals surface area contributed by atoms with Gasteiger partial charge in [0, 0.05) is 11.9 Å². The fraction of sp³-hybridized carbons (Fsp3) is 0.259. The molecule has 6 heteroatoms. The summed E-state index contributed by atoms with van der Waals surface area (Å²) < 4.78 is 7.26. The Balaban J connectivity index is 1.32. The van der Waals surface area contributed by atoms with E-state index in [4.69, 9.17) is 4.74 Å². The fourth-order valence-electron chi connectivity index (χ4n) is 3.81. The van der Waals surface area contributed by atoms with Crippen molar-refractivity contribution in [2.45, 2.75) is 45.3 Å². The van der Waals surface area contributed by atoms with Gasteiger partial charge in [-0.05, 0) is 73.2 Å². The first-order valence-electron chi connectivity index (χ1n) is 11.1. The van der Waals surface area contributed by atoms with Crippen LogP contribution in [-0.4, -0.2) is 26.2 Å². The van der Waals surface area contributed by atoms with E-state index in [0.29, 0.717) is 12.3 Å². The highest BCUT2D eigenvalue weighted by atomic mass is 16.5. The average molecular weight is 445 g/mol. The summed E-state index contributed by atoms with van der Waals surface area (Å²) in [7, 11) is 0. The zero-order chi connectivity index (χ0) is 23.4. The predicted octanol–water partition coefficient (Wildman–Crippen LogP) is 4.80. The third kappa shape index (κ3) is 5.52. The van der Waals surface area contributed by atoms with E-state index in [1.54, 1.807) is 16.7 Å². The number of rotatable bonds is 9. The number of aromatic nitrogens is 2. The number of fused-ring (bicyclic) bond motifs is 1. The summed E-state index contributed by atoms with van der Waals surface area (Å²) in [4.78, 5) is 26.6. The normalized spacial score (nSPS) is 11.6. The molecule has 0 amide bonds. The first-order valence-corrected chi connectivity index (χ1v) is 11.1. The second-order valence-electron chi connectivity index (χ2n) is 8.81. The Morgan fingerprint density at radius 3 is 2.39 bits per heavy atom. The number of nitrogens with one attached hydrogen (secondary N) is 1. The van der Waals surface area contributed by atoms with Crippen molar-refractivity contribution in [1.82, 2.24) is 9.55 Å². The number of aromatic amines is 1. The fourth-order valence-corrected chi connectivity index (χ4v) is 3.81. The number of carbonyl (C=O) groups is 1. The molecule has 6 nitrogen and oxygen atoms in total. The summed E-state index contributed by atoms with van der Waals surface area (Å²) in [5, 5.41) is 11.5. The van der Waals surface area contributed by atoms with Crippen LogP contribution in [-0.2, 0) is 24.2 Å². The van der Waals surface area contributed by atoms with Crippen LogP contribution in [0.25, 0.3) is 10.8 Å². The van der Waals surface area contributed by atoms with E-state index in [9.17, 15) is 14.7 Å². The highest BCUT2D eigenvalue weighted by Gasteiger charge is 2.29. The summed E-state index contributed by atoms with van der Waals surface area (Å²) >= 11 is 0. The summed E-state index contributed by atoms with van der Waals surface area (Å²) in [6, 6.07) is 21.9. The molecule has 2 N–H and O–H groups in total. The van der Waals surface area contributed by atoms with Crippen LogP contribution in [0.15, 0.2) is 77.7 Å². The highest BCUT2D eigenvalue weighted by Crippen LogP contribution is 2.20. The van der Waals surface area contributed by atoms with Crippen molar-refractivity contribution in [3.8, 4) is 5.75 Å². The minimum Gasteiger partial charge on any atom is -0.478 e. The molecule has 4 aromatic rings. The zero-order valence-electron chi connectivity index (χ0n) is 18.9. The van der Waals surface area contributed by atoms with Gasteiger partial charge in [0.25, 0.3) is 0 Å². The Bertz CT molecular complexity index is 1320. The van der Waals surface area contributed by atoms with Crippen molar-refractivity contribution in [1.29, 1.82) is 0 Å². The quantitative estimate of drug-likeness (QED) is 0.389. The van der Waals surface area contributed by atoms with E-state index < -0.39 is 11.6 Å². The molecule has 0 fully saturated rings. The van der Waals surface area contributed by atoms with Crippen LogP contribution in [0.1, 0.15) is 37.1 Å². The number of nitrogens with zero attached hydrogens (tertiary/aromatic N) is 1. The first kappa shape index (κ1) is 22.4. The first-order chi connectivity index (χ1) is 15.8. The van der Waals surface area contributed by atoms with Crippen molar-refractivity contribution >= 4 is 16.7 Å². The lowest BCUT2D eigenvalue weighted by atomic mass is 10.1. The van der Waals surface area contributed by atoms with E-state index in [1.165, 1.54) is 24.6 Å². The minimum atomic E-state index is -1.27. The number of carboxylic acids is 1. The molecule has 4 rings (SSSR count). The van der Waals surface area contributed by atoms with Crippen LogP contribution < -0.4 is 10.4 Å². The lowest BCUT2D eigenvalue weighted by Crippen LogP contribution is -2.37. The Morgan fingerprint density at radius 1 is 0.970 bits per heavy atom. The monoisotopic (exact) mass is 444 g/mol. The second-order valence-corrected chi connectivity index (χ2v) is 8.81. The second kappa shape index (κ2) is 9.36. The number of imidazole rings is 1. The van der Waals surface area contributed by atoms with Crippen molar-refractivity contribution in [2.24, 2.45) is 0 Å². The molecule has 1 aromatic heterocycles. The third-order valence-corrected chi connectivity index (χ3v) is 5.73. The topological polar surface area (TPSA) is 84.3 Å². The maximum absolute atomic E-state index is 12.4. The van der Waals surface area contributed by atoms with Crippen LogP contribution in [0.2, 0.25) is 0 Å². The lowest BCUT2D eigenvalue weighted by molar-refractivity contribution is -0.152. The molecule has 3 aromatic carbocycles. The van der Waals surface area contributed by atoms with Gasteiger partial charge in [-0.25, -0.2) is 9.59 Å². The Morgan fingerprint density at radius 2 is 1.67 bits per heavy atom. The van der Waals surface area contributed by atoms with E-state index >= 15 is 0 Å². The van der Waals surface area contributed by atoms with Crippen molar-refractivity contribution < 1.29 is 14.6 Å². The molecule has 0 unspecified atom stereocenters. The van der Waals surface area contributed by atoms with Gasteiger partial charge in [0.2, 0.25) is 0 Å². The molecular formula is C27H28N2O4. The van der Waals surface area contributed by atoms with Crippen molar-refractivity contribution in [2.75, 3.05) is 0 Å². The van der Waals surface area contributed by atoms with E-state index in [-0.39, 0.29) is 5.69 Å². The summed E-state index contributed by atoms with van der Waals surface area (Å²) in [5.41, 5.74) is 1.78. The lowest BCUT2D eigenvalue weighted by Gasteiger charge is -2.21. The molecule has 170 valence electrons. The predicted molar refractivity (Wildman–Crippen MR) is 129 cm³/mol. The Labute approximate surface area is 192 Å². The van der Waals surface area contributed by atoms with Crippen LogP contribution >= 0.6 is 0 Å². The number of carboxylic acid groups (broad SMARTS) is 1. The van der Waals surface area contributed by atoms with E-state index in [0.717, 1.165) is 36.1 Å². The molecule has 0 saturated carbocycles.